The maximum Gasteiger partial charge on any atom is 0.416 e. The molecule has 36 heavy (non-hydrogen) atoms. The van der Waals surface area contributed by atoms with Crippen LogP contribution < -0.4 is 0 Å². The van der Waals surface area contributed by atoms with E-state index < -0.39 is 54.0 Å². The van der Waals surface area contributed by atoms with Gasteiger partial charge in [-0.15, -0.1) is 0 Å². The van der Waals surface area contributed by atoms with Gasteiger partial charge in [0, 0.05) is 33.2 Å². The van der Waals surface area contributed by atoms with E-state index in [1.807, 2.05) is 0 Å². The smallest absolute Gasteiger partial charge is 0.416 e. The van der Waals surface area contributed by atoms with Crippen LogP contribution >= 0.6 is 0 Å². The van der Waals surface area contributed by atoms with Crippen molar-refractivity contribution in [3.63, 3.8) is 0 Å². The first-order chi connectivity index (χ1) is 16.6. The van der Waals surface area contributed by atoms with Crippen LogP contribution in [0.25, 0.3) is 0 Å². The Morgan fingerprint density at radius 2 is 1.58 bits per heavy atom. The first kappa shape index (κ1) is 27.1. The fourth-order valence-corrected chi connectivity index (χ4v) is 4.02. The number of aryl methyl sites for hydroxylation is 1. The highest BCUT2D eigenvalue weighted by Gasteiger charge is 2.38. The number of benzene rings is 2. The molecule has 3 rings (SSSR count). The van der Waals surface area contributed by atoms with Crippen LogP contribution in [0.5, 0.6) is 0 Å². The minimum Gasteiger partial charge on any atom is -0.465 e. The Hall–Kier alpha value is -3.51. The average molecular weight is 521 g/mol. The molecule has 1 heterocycles. The van der Waals surface area contributed by atoms with Gasteiger partial charge in [0.2, 0.25) is 0 Å². The third-order valence-corrected chi connectivity index (χ3v) is 5.86. The number of carbonyl (C=O) groups excluding carboxylic acids is 1. The van der Waals surface area contributed by atoms with Crippen molar-refractivity contribution in [3.8, 4) is 0 Å². The SMILES string of the molecule is Cc1cc(C2CN(C(=O)O)CCN2C(=O)N(C)Cc2cc(C(F)(F)F)cc(C(F)(F)F)c2)ccc1F. The summed E-state index contributed by atoms with van der Waals surface area (Å²) in [6.45, 7) is 0.614. The number of hydrogen-bond acceptors (Lipinski definition) is 2. The van der Waals surface area contributed by atoms with Crippen LogP contribution in [0.1, 0.15) is 33.9 Å². The van der Waals surface area contributed by atoms with E-state index in [1.165, 1.54) is 31.0 Å². The van der Waals surface area contributed by atoms with Gasteiger partial charge in [0.05, 0.1) is 17.2 Å². The minimum absolute atomic E-state index is 0.00332. The number of alkyl halides is 6. The summed E-state index contributed by atoms with van der Waals surface area (Å²) >= 11 is 0. The molecule has 0 aliphatic carbocycles. The van der Waals surface area contributed by atoms with Gasteiger partial charge in [-0.05, 0) is 47.9 Å². The van der Waals surface area contributed by atoms with Gasteiger partial charge in [-0.25, -0.2) is 14.0 Å². The standard InChI is InChI=1S/C23H22F7N3O3/c1-13-7-15(3-4-18(13)24)19-12-32(21(35)36)5-6-33(19)20(34)31(2)11-14-8-16(22(25,26)27)10-17(9-14)23(28,29)30/h3-4,7-10,19H,5-6,11-12H2,1-2H3,(H,35,36). The van der Waals surface area contributed by atoms with Crippen molar-refractivity contribution in [2.75, 3.05) is 26.7 Å². The van der Waals surface area contributed by atoms with E-state index in [-0.39, 0.29) is 36.8 Å². The summed E-state index contributed by atoms with van der Waals surface area (Å²) in [6, 6.07) is 3.51. The number of carboxylic acid groups (broad SMARTS) is 1. The number of piperazine rings is 1. The number of carbonyl (C=O) groups is 2. The lowest BCUT2D eigenvalue weighted by Crippen LogP contribution is -2.54. The molecule has 13 heteroatoms. The molecule has 0 bridgehead atoms. The zero-order valence-corrected chi connectivity index (χ0v) is 19.1. The normalized spacial score (nSPS) is 16.8. The van der Waals surface area contributed by atoms with E-state index in [0.717, 1.165) is 15.9 Å². The lowest BCUT2D eigenvalue weighted by atomic mass is 10.0. The van der Waals surface area contributed by atoms with E-state index in [1.54, 1.807) is 0 Å². The Morgan fingerprint density at radius 1 is 1.00 bits per heavy atom. The summed E-state index contributed by atoms with van der Waals surface area (Å²) in [5.41, 5.74) is -2.69. The number of halogens is 7. The topological polar surface area (TPSA) is 64.1 Å². The van der Waals surface area contributed by atoms with Crippen LogP contribution in [-0.4, -0.2) is 58.6 Å². The van der Waals surface area contributed by atoms with Gasteiger partial charge >= 0.3 is 24.5 Å². The highest BCUT2D eigenvalue weighted by atomic mass is 19.4. The van der Waals surface area contributed by atoms with Crippen molar-refractivity contribution in [3.05, 3.63) is 70.0 Å². The van der Waals surface area contributed by atoms with Crippen LogP contribution in [-0.2, 0) is 18.9 Å². The number of rotatable bonds is 3. The molecule has 6 nitrogen and oxygen atoms in total. The molecule has 1 atom stereocenters. The van der Waals surface area contributed by atoms with Crippen molar-refractivity contribution in [2.45, 2.75) is 31.9 Å². The van der Waals surface area contributed by atoms with E-state index in [9.17, 15) is 45.4 Å². The summed E-state index contributed by atoms with van der Waals surface area (Å²) < 4.78 is 92.9. The van der Waals surface area contributed by atoms with E-state index in [4.69, 9.17) is 0 Å². The highest BCUT2D eigenvalue weighted by molar-refractivity contribution is 5.75. The second-order valence-electron chi connectivity index (χ2n) is 8.50. The van der Waals surface area contributed by atoms with Crippen LogP contribution in [0.15, 0.2) is 36.4 Å². The Kier molecular flexibility index (Phi) is 7.42. The Bertz CT molecular complexity index is 1120. The van der Waals surface area contributed by atoms with Crippen LogP contribution in [0.3, 0.4) is 0 Å². The molecule has 1 aliphatic rings. The zero-order valence-electron chi connectivity index (χ0n) is 19.1. The van der Waals surface area contributed by atoms with Crippen LogP contribution in [0.4, 0.5) is 40.3 Å². The van der Waals surface area contributed by atoms with Crippen molar-refractivity contribution >= 4 is 12.1 Å². The fraction of sp³-hybridized carbons (Fsp3) is 0.391. The lowest BCUT2D eigenvalue weighted by molar-refractivity contribution is -0.143. The summed E-state index contributed by atoms with van der Waals surface area (Å²) in [5, 5.41) is 9.38. The van der Waals surface area contributed by atoms with Crippen LogP contribution in [0.2, 0.25) is 0 Å². The largest absolute Gasteiger partial charge is 0.465 e. The van der Waals surface area contributed by atoms with Gasteiger partial charge in [-0.1, -0.05) is 12.1 Å². The number of urea groups is 1. The first-order valence-electron chi connectivity index (χ1n) is 10.6. The third kappa shape index (κ3) is 6.00. The summed E-state index contributed by atoms with van der Waals surface area (Å²) in [6.07, 6.45) is -11.3. The maximum absolute atomic E-state index is 13.8. The van der Waals surface area contributed by atoms with Gasteiger partial charge in [0.15, 0.2) is 0 Å². The molecule has 196 valence electrons. The van der Waals surface area contributed by atoms with Gasteiger partial charge in [0.25, 0.3) is 0 Å². The van der Waals surface area contributed by atoms with E-state index in [2.05, 4.69) is 0 Å². The molecule has 0 spiro atoms. The van der Waals surface area contributed by atoms with Gasteiger partial charge in [0.1, 0.15) is 5.82 Å². The number of nitrogens with zero attached hydrogens (tertiary/aromatic N) is 3. The van der Waals surface area contributed by atoms with Crippen molar-refractivity contribution < 1.29 is 45.4 Å². The molecule has 3 amide bonds. The van der Waals surface area contributed by atoms with E-state index in [0.29, 0.717) is 17.7 Å². The predicted octanol–water partition coefficient (Wildman–Crippen LogP) is 5.76. The summed E-state index contributed by atoms with van der Waals surface area (Å²) in [7, 11) is 1.21. The van der Waals surface area contributed by atoms with Gasteiger partial charge in [-0.2, -0.15) is 26.3 Å². The molecular weight excluding hydrogens is 499 g/mol. The molecule has 1 aliphatic heterocycles. The quantitative estimate of drug-likeness (QED) is 0.523. The maximum atomic E-state index is 13.8. The fourth-order valence-electron chi connectivity index (χ4n) is 4.02. The molecule has 1 unspecified atom stereocenters. The molecule has 2 aromatic rings. The molecule has 1 saturated heterocycles. The van der Waals surface area contributed by atoms with E-state index >= 15 is 0 Å². The van der Waals surface area contributed by atoms with Gasteiger partial charge in [-0.3, -0.25) is 0 Å². The van der Waals surface area contributed by atoms with Crippen molar-refractivity contribution in [1.82, 2.24) is 14.7 Å². The minimum atomic E-state index is -5.03. The second kappa shape index (κ2) is 9.86. The first-order valence-corrected chi connectivity index (χ1v) is 10.6. The molecule has 0 saturated carbocycles. The second-order valence-corrected chi connectivity index (χ2v) is 8.50. The average Bonchev–Trinajstić information content (AvgIpc) is 2.78. The molecule has 1 fully saturated rings. The van der Waals surface area contributed by atoms with Gasteiger partial charge < -0.3 is 19.8 Å². The lowest BCUT2D eigenvalue weighted by Gasteiger charge is -2.42. The zero-order chi connectivity index (χ0) is 27.0. The monoisotopic (exact) mass is 521 g/mol. The molecule has 1 N–H and O–H groups in total. The Morgan fingerprint density at radius 3 is 2.08 bits per heavy atom. The summed E-state index contributed by atoms with van der Waals surface area (Å²) in [5.74, 6) is -0.510. The Balaban J connectivity index is 1.91. The highest BCUT2D eigenvalue weighted by Crippen LogP contribution is 2.37. The predicted molar refractivity (Wildman–Crippen MR) is 113 cm³/mol. The molecule has 0 aromatic heterocycles. The van der Waals surface area contributed by atoms with Crippen molar-refractivity contribution in [1.29, 1.82) is 0 Å². The summed E-state index contributed by atoms with van der Waals surface area (Å²) in [4.78, 5) is 28.0. The number of hydrogen-bond donors (Lipinski definition) is 1. The van der Waals surface area contributed by atoms with Crippen molar-refractivity contribution in [2.24, 2.45) is 0 Å². The third-order valence-electron chi connectivity index (χ3n) is 5.86. The van der Waals surface area contributed by atoms with Crippen LogP contribution in [0, 0.1) is 12.7 Å². The number of amides is 3. The molecule has 0 radical (unpaired) electrons. The molecular formula is C23H22F7N3O3. The molecule has 2 aromatic carbocycles. The Labute approximate surface area is 201 Å².